The number of nitrogens with zero attached hydrogens (tertiary/aromatic N) is 2. The third kappa shape index (κ3) is 6.03. The van der Waals surface area contributed by atoms with Gasteiger partial charge < -0.3 is 5.73 Å². The van der Waals surface area contributed by atoms with Crippen molar-refractivity contribution in [3.8, 4) is 0 Å². The Morgan fingerprint density at radius 1 is 0.848 bits per heavy atom. The van der Waals surface area contributed by atoms with Crippen molar-refractivity contribution >= 4 is 52.7 Å². The number of fused-ring (bicyclic) bond motifs is 1. The molecule has 0 saturated carbocycles. The smallest absolute Gasteiger partial charge is 0.262 e. The lowest BCUT2D eigenvalue weighted by Crippen LogP contribution is -2.38. The van der Waals surface area contributed by atoms with Gasteiger partial charge in [-0.25, -0.2) is 4.79 Å². The zero-order valence-electron chi connectivity index (χ0n) is 17.8. The van der Waals surface area contributed by atoms with Gasteiger partial charge in [0.1, 0.15) is 0 Å². The molecule has 174 valence electrons. The van der Waals surface area contributed by atoms with Crippen LogP contribution in [0.15, 0.2) is 62.6 Å². The first-order chi connectivity index (χ1) is 15.8. The van der Waals surface area contributed by atoms with E-state index in [0.717, 1.165) is 43.6 Å². The minimum atomic E-state index is -0.274. The van der Waals surface area contributed by atoms with Gasteiger partial charge in [-0.1, -0.05) is 65.2 Å². The summed E-state index contributed by atoms with van der Waals surface area (Å²) in [4.78, 5) is 38.8. The van der Waals surface area contributed by atoms with Crippen molar-refractivity contribution in [3.05, 3.63) is 68.7 Å². The molecule has 2 N–H and O–H groups in total. The van der Waals surface area contributed by atoms with Gasteiger partial charge in [-0.3, -0.25) is 14.5 Å². The topological polar surface area (TPSA) is 92.8 Å². The largest absolute Gasteiger partial charge is 0.323 e. The predicted octanol–water partition coefficient (Wildman–Crippen LogP) is 5.41. The van der Waals surface area contributed by atoms with E-state index in [1.165, 1.54) is 11.0 Å². The van der Waals surface area contributed by atoms with Gasteiger partial charge in [0.15, 0.2) is 0 Å². The Morgan fingerprint density at radius 3 is 1.79 bits per heavy atom. The molecular formula is C24H24Cl3N3O3. The lowest BCUT2D eigenvalue weighted by molar-refractivity contribution is 0.0612. The van der Waals surface area contributed by atoms with E-state index in [1.54, 1.807) is 24.3 Å². The SMILES string of the molecule is N[C@H]1CCC=C1Cl.O=C1c2ccccc2C(=O)N1[C@H]1CCC=C1Cl.O=C=NC1CCC=C1Cl. The number of carbonyl (C=O) groups is 2. The normalized spacial score (nSPS) is 25.2. The number of allylic oxidation sites excluding steroid dienone is 3. The van der Waals surface area contributed by atoms with Crippen LogP contribution < -0.4 is 5.73 Å². The van der Waals surface area contributed by atoms with E-state index >= 15 is 0 Å². The lowest BCUT2D eigenvalue weighted by atomic mass is 10.1. The van der Waals surface area contributed by atoms with Crippen LogP contribution in [0.4, 0.5) is 0 Å². The Balaban J connectivity index is 0.000000160. The van der Waals surface area contributed by atoms with E-state index in [2.05, 4.69) is 4.99 Å². The number of imide groups is 1. The molecule has 2 amide bonds. The zero-order valence-corrected chi connectivity index (χ0v) is 20.1. The number of isocyanates is 1. The number of rotatable bonds is 2. The Bertz CT molecular complexity index is 1030. The summed E-state index contributed by atoms with van der Waals surface area (Å²) in [5.41, 5.74) is 6.44. The Labute approximate surface area is 207 Å². The van der Waals surface area contributed by atoms with Crippen LogP contribution in [0.2, 0.25) is 0 Å². The van der Waals surface area contributed by atoms with Crippen molar-refractivity contribution in [2.75, 3.05) is 0 Å². The zero-order chi connectivity index (χ0) is 24.0. The predicted molar refractivity (Wildman–Crippen MR) is 130 cm³/mol. The molecule has 3 aliphatic carbocycles. The Kier molecular flexibility index (Phi) is 9.07. The van der Waals surface area contributed by atoms with Crippen LogP contribution in [0, 0.1) is 0 Å². The summed E-state index contributed by atoms with van der Waals surface area (Å²) in [6, 6.07) is 6.67. The van der Waals surface area contributed by atoms with Gasteiger partial charge in [-0.2, -0.15) is 4.99 Å². The van der Waals surface area contributed by atoms with Gasteiger partial charge in [0, 0.05) is 21.1 Å². The second-order valence-corrected chi connectivity index (χ2v) is 9.19. The molecule has 33 heavy (non-hydrogen) atoms. The second kappa shape index (κ2) is 11.8. The summed E-state index contributed by atoms with van der Waals surface area (Å²) in [6.07, 6.45) is 12.6. The molecule has 1 aromatic rings. The summed E-state index contributed by atoms with van der Waals surface area (Å²) in [7, 11) is 0. The molecular weight excluding hydrogens is 485 g/mol. The molecule has 1 heterocycles. The summed E-state index contributed by atoms with van der Waals surface area (Å²) in [6.45, 7) is 0. The quantitative estimate of drug-likeness (QED) is 0.329. The number of amides is 2. The van der Waals surface area contributed by atoms with Crippen LogP contribution >= 0.6 is 34.8 Å². The van der Waals surface area contributed by atoms with E-state index in [-0.39, 0.29) is 29.9 Å². The van der Waals surface area contributed by atoms with Gasteiger partial charge >= 0.3 is 0 Å². The van der Waals surface area contributed by atoms with Crippen LogP contribution in [-0.4, -0.2) is 40.9 Å². The fourth-order valence-corrected chi connectivity index (χ4v) is 4.73. The molecule has 0 radical (unpaired) electrons. The van der Waals surface area contributed by atoms with E-state index < -0.39 is 0 Å². The van der Waals surface area contributed by atoms with Crippen molar-refractivity contribution < 1.29 is 14.4 Å². The van der Waals surface area contributed by atoms with Crippen molar-refractivity contribution in [2.45, 2.75) is 56.7 Å². The van der Waals surface area contributed by atoms with Crippen molar-refractivity contribution in [2.24, 2.45) is 10.7 Å². The Hall–Kier alpha value is -2.21. The number of hydrogen-bond donors (Lipinski definition) is 1. The summed E-state index contributed by atoms with van der Waals surface area (Å²) < 4.78 is 0. The number of hydrogen-bond acceptors (Lipinski definition) is 5. The molecule has 0 fully saturated rings. The molecule has 4 aliphatic rings. The molecule has 1 aliphatic heterocycles. The average Bonchev–Trinajstić information content (AvgIpc) is 3.56. The highest BCUT2D eigenvalue weighted by molar-refractivity contribution is 6.32. The van der Waals surface area contributed by atoms with E-state index in [4.69, 9.17) is 40.5 Å². The first-order valence-electron chi connectivity index (χ1n) is 10.7. The average molecular weight is 509 g/mol. The Morgan fingerprint density at radius 2 is 1.39 bits per heavy atom. The summed E-state index contributed by atoms with van der Waals surface area (Å²) >= 11 is 17.3. The molecule has 5 rings (SSSR count). The maximum Gasteiger partial charge on any atom is 0.262 e. The highest BCUT2D eigenvalue weighted by atomic mass is 35.5. The van der Waals surface area contributed by atoms with Gasteiger partial charge in [0.25, 0.3) is 11.8 Å². The molecule has 3 atom stereocenters. The maximum atomic E-state index is 12.2. The number of nitrogens with two attached hydrogens (primary N) is 1. The van der Waals surface area contributed by atoms with Crippen LogP contribution in [0.3, 0.4) is 0 Å². The number of halogens is 3. The molecule has 0 aromatic heterocycles. The maximum absolute atomic E-state index is 12.2. The molecule has 1 aromatic carbocycles. The molecule has 9 heteroatoms. The van der Waals surface area contributed by atoms with Crippen molar-refractivity contribution in [1.82, 2.24) is 4.90 Å². The second-order valence-electron chi connectivity index (χ2n) is 7.88. The summed E-state index contributed by atoms with van der Waals surface area (Å²) in [5, 5.41) is 2.11. The van der Waals surface area contributed by atoms with Crippen LogP contribution in [0.5, 0.6) is 0 Å². The summed E-state index contributed by atoms with van der Waals surface area (Å²) in [5.74, 6) is -0.465. The van der Waals surface area contributed by atoms with E-state index in [9.17, 15) is 14.4 Å². The molecule has 0 spiro atoms. The number of aliphatic imine (C=N–C) groups is 1. The minimum Gasteiger partial charge on any atom is -0.323 e. The van der Waals surface area contributed by atoms with Crippen LogP contribution in [0.1, 0.15) is 59.2 Å². The van der Waals surface area contributed by atoms with Gasteiger partial charge in [-0.15, -0.1) is 0 Å². The number of carbonyl (C=O) groups excluding carboxylic acids is 3. The molecule has 0 bridgehead atoms. The first-order valence-corrected chi connectivity index (χ1v) is 11.8. The van der Waals surface area contributed by atoms with Crippen LogP contribution in [-0.2, 0) is 4.79 Å². The lowest BCUT2D eigenvalue weighted by Gasteiger charge is -2.22. The monoisotopic (exact) mass is 507 g/mol. The van der Waals surface area contributed by atoms with Gasteiger partial charge in [0.2, 0.25) is 6.08 Å². The van der Waals surface area contributed by atoms with Gasteiger partial charge in [-0.05, 0) is 50.7 Å². The highest BCUT2D eigenvalue weighted by Crippen LogP contribution is 2.33. The van der Waals surface area contributed by atoms with Crippen molar-refractivity contribution in [1.29, 1.82) is 0 Å². The first kappa shape index (κ1) is 25.4. The minimum absolute atomic E-state index is 0.0934. The highest BCUT2D eigenvalue weighted by Gasteiger charge is 2.41. The number of benzene rings is 1. The van der Waals surface area contributed by atoms with Crippen molar-refractivity contribution in [3.63, 3.8) is 0 Å². The fourth-order valence-electron chi connectivity index (χ4n) is 3.93. The van der Waals surface area contributed by atoms with Crippen LogP contribution in [0.25, 0.3) is 0 Å². The molecule has 1 unspecified atom stereocenters. The van der Waals surface area contributed by atoms with E-state index in [1.807, 2.05) is 18.2 Å². The standard InChI is InChI=1S/C13H10ClNO2.C6H6ClNO.C5H8ClN/c14-10-6-3-7-11(10)15-12(16)8-4-1-2-5-9(8)13(15)17;7-5-2-1-3-6(5)8-4-9;6-4-2-1-3-5(4)7/h1-2,4-6,11H,3,7H2;2,6H,1,3H2;2,5H,1,3,7H2/t11-;;5-/m0.0/s1. The molecule has 6 nitrogen and oxygen atoms in total. The molecule has 0 saturated heterocycles. The third-order valence-electron chi connectivity index (χ3n) is 5.71. The van der Waals surface area contributed by atoms with E-state index in [0.29, 0.717) is 21.2 Å². The third-order valence-corrected chi connectivity index (χ3v) is 6.96. The fraction of sp³-hybridized carbons (Fsp3) is 0.375. The van der Waals surface area contributed by atoms with Gasteiger partial charge in [0.05, 0.1) is 23.2 Å².